The first-order valence-electron chi connectivity index (χ1n) is 9.59. The van der Waals surface area contributed by atoms with Gasteiger partial charge in [0, 0.05) is 42.7 Å². The quantitative estimate of drug-likeness (QED) is 0.780. The smallest absolute Gasteiger partial charge is 0.162 e. The summed E-state index contributed by atoms with van der Waals surface area (Å²) < 4.78 is 18.4. The normalized spacial score (nSPS) is 21.3. The Labute approximate surface area is 159 Å². The van der Waals surface area contributed by atoms with Crippen molar-refractivity contribution in [3.8, 4) is 5.75 Å². The third-order valence-electron chi connectivity index (χ3n) is 5.74. The Hall–Kier alpha value is -2.40. The largest absolute Gasteiger partial charge is 0.497 e. The van der Waals surface area contributed by atoms with Gasteiger partial charge in [-0.2, -0.15) is 0 Å². The van der Waals surface area contributed by atoms with E-state index in [1.165, 1.54) is 23.4 Å². The summed E-state index contributed by atoms with van der Waals surface area (Å²) in [6.45, 7) is 2.96. The third kappa shape index (κ3) is 3.83. The fourth-order valence-electron chi connectivity index (χ4n) is 4.26. The Bertz CT molecular complexity index is 822. The molecule has 4 rings (SSSR count). The topological polar surface area (TPSA) is 41.6 Å². The molecule has 2 aromatic carbocycles. The Morgan fingerprint density at radius 2 is 2.07 bits per heavy atom. The SMILES string of the molecule is COc1ccc2c(c1)[C@H]1CN(CCCC(=O)c3ccc(F)cc3)CC[C@H]1N2. The fraction of sp³-hybridized carbons (Fsp3) is 0.409. The Kier molecular flexibility index (Phi) is 5.12. The highest BCUT2D eigenvalue weighted by Crippen LogP contribution is 2.41. The van der Waals surface area contributed by atoms with Crippen molar-refractivity contribution in [1.29, 1.82) is 0 Å². The Morgan fingerprint density at radius 3 is 2.85 bits per heavy atom. The van der Waals surface area contributed by atoms with Crippen LogP contribution in [0.4, 0.5) is 10.1 Å². The highest BCUT2D eigenvalue weighted by Gasteiger charge is 2.36. The summed E-state index contributed by atoms with van der Waals surface area (Å²) in [6.07, 6.45) is 2.43. The van der Waals surface area contributed by atoms with Crippen molar-refractivity contribution in [2.75, 3.05) is 32.1 Å². The Balaban J connectivity index is 1.32. The zero-order chi connectivity index (χ0) is 18.8. The van der Waals surface area contributed by atoms with E-state index in [1.807, 2.05) is 6.07 Å². The van der Waals surface area contributed by atoms with Gasteiger partial charge < -0.3 is 15.0 Å². The molecule has 0 amide bonds. The number of rotatable bonds is 6. The van der Waals surface area contributed by atoms with Crippen LogP contribution >= 0.6 is 0 Å². The molecule has 27 heavy (non-hydrogen) atoms. The summed E-state index contributed by atoms with van der Waals surface area (Å²) in [7, 11) is 1.70. The van der Waals surface area contributed by atoms with Crippen LogP contribution in [0.15, 0.2) is 42.5 Å². The van der Waals surface area contributed by atoms with Gasteiger partial charge >= 0.3 is 0 Å². The lowest BCUT2D eigenvalue weighted by atomic mass is 9.89. The molecule has 0 unspecified atom stereocenters. The second kappa shape index (κ2) is 7.69. The molecule has 2 heterocycles. The van der Waals surface area contributed by atoms with E-state index in [1.54, 1.807) is 19.2 Å². The number of ketones is 1. The van der Waals surface area contributed by atoms with Crippen molar-refractivity contribution >= 4 is 11.5 Å². The van der Waals surface area contributed by atoms with Gasteiger partial charge in [-0.05, 0) is 67.4 Å². The lowest BCUT2D eigenvalue weighted by molar-refractivity contribution is 0.0971. The van der Waals surface area contributed by atoms with Gasteiger partial charge in [0.2, 0.25) is 0 Å². The number of fused-ring (bicyclic) bond motifs is 3. The van der Waals surface area contributed by atoms with Gasteiger partial charge in [-0.25, -0.2) is 4.39 Å². The first kappa shape index (κ1) is 18.0. The number of carbonyl (C=O) groups excluding carboxylic acids is 1. The maximum Gasteiger partial charge on any atom is 0.162 e. The zero-order valence-electron chi connectivity index (χ0n) is 15.6. The molecule has 4 nitrogen and oxygen atoms in total. The summed E-state index contributed by atoms with van der Waals surface area (Å²) in [5, 5.41) is 3.64. The van der Waals surface area contributed by atoms with E-state index >= 15 is 0 Å². The highest BCUT2D eigenvalue weighted by molar-refractivity contribution is 5.95. The van der Waals surface area contributed by atoms with Crippen LogP contribution < -0.4 is 10.1 Å². The molecule has 2 aliphatic rings. The standard InChI is InChI=1S/C22H25FN2O2/c1-27-17-8-9-20-18(13-17)19-14-25(12-10-21(19)24-20)11-2-3-22(26)15-4-6-16(23)7-5-15/h4-9,13,19,21,24H,2-3,10-12,14H2,1H3/t19-,21-/m1/s1. The number of hydrogen-bond donors (Lipinski definition) is 1. The lowest BCUT2D eigenvalue weighted by Gasteiger charge is -2.35. The minimum Gasteiger partial charge on any atom is -0.497 e. The van der Waals surface area contributed by atoms with E-state index < -0.39 is 0 Å². The van der Waals surface area contributed by atoms with Crippen molar-refractivity contribution in [3.05, 3.63) is 59.4 Å². The van der Waals surface area contributed by atoms with Gasteiger partial charge in [0.05, 0.1) is 7.11 Å². The highest BCUT2D eigenvalue weighted by atomic mass is 19.1. The third-order valence-corrected chi connectivity index (χ3v) is 5.74. The van der Waals surface area contributed by atoms with Crippen LogP contribution in [0.1, 0.15) is 41.1 Å². The molecule has 2 atom stereocenters. The van der Waals surface area contributed by atoms with Gasteiger partial charge in [-0.3, -0.25) is 4.79 Å². The van der Waals surface area contributed by atoms with E-state index in [-0.39, 0.29) is 11.6 Å². The lowest BCUT2D eigenvalue weighted by Crippen LogP contribution is -2.42. The minimum atomic E-state index is -0.309. The second-order valence-corrected chi connectivity index (χ2v) is 7.43. The number of benzene rings is 2. The van der Waals surface area contributed by atoms with E-state index in [2.05, 4.69) is 22.3 Å². The van der Waals surface area contributed by atoms with Crippen LogP contribution in [0.3, 0.4) is 0 Å². The van der Waals surface area contributed by atoms with Crippen molar-refractivity contribution in [1.82, 2.24) is 4.90 Å². The summed E-state index contributed by atoms with van der Waals surface area (Å²) in [5.74, 6) is 1.15. The van der Waals surface area contributed by atoms with E-state index in [9.17, 15) is 9.18 Å². The molecule has 0 aromatic heterocycles. The summed E-state index contributed by atoms with van der Waals surface area (Å²) in [4.78, 5) is 14.7. The van der Waals surface area contributed by atoms with Crippen LogP contribution in [0.2, 0.25) is 0 Å². The van der Waals surface area contributed by atoms with Gasteiger partial charge in [0.25, 0.3) is 0 Å². The molecule has 0 spiro atoms. The molecule has 0 saturated carbocycles. The van der Waals surface area contributed by atoms with E-state index in [0.717, 1.165) is 38.2 Å². The molecule has 0 bridgehead atoms. The number of nitrogens with one attached hydrogen (secondary N) is 1. The number of nitrogens with zero attached hydrogens (tertiary/aromatic N) is 1. The van der Waals surface area contributed by atoms with Crippen LogP contribution in [-0.2, 0) is 0 Å². The number of piperidine rings is 1. The van der Waals surface area contributed by atoms with Crippen LogP contribution in [0.25, 0.3) is 0 Å². The fourth-order valence-corrected chi connectivity index (χ4v) is 4.26. The number of halogens is 1. The average Bonchev–Trinajstić information content (AvgIpc) is 3.05. The predicted octanol–water partition coefficient (Wildman–Crippen LogP) is 4.08. The molecular weight excluding hydrogens is 343 g/mol. The monoisotopic (exact) mass is 368 g/mol. The van der Waals surface area contributed by atoms with Crippen LogP contribution in [0, 0.1) is 5.82 Å². The van der Waals surface area contributed by atoms with Gasteiger partial charge in [0.1, 0.15) is 11.6 Å². The maximum absolute atomic E-state index is 13.0. The molecule has 1 saturated heterocycles. The summed E-state index contributed by atoms with van der Waals surface area (Å²) in [5.41, 5.74) is 3.15. The second-order valence-electron chi connectivity index (χ2n) is 7.43. The number of Topliss-reactive ketones (excluding diaryl/α,β-unsaturated/α-hetero) is 1. The van der Waals surface area contributed by atoms with Crippen LogP contribution in [-0.4, -0.2) is 43.5 Å². The van der Waals surface area contributed by atoms with Crippen molar-refractivity contribution in [3.63, 3.8) is 0 Å². The van der Waals surface area contributed by atoms with Crippen molar-refractivity contribution in [2.45, 2.75) is 31.2 Å². The van der Waals surface area contributed by atoms with Crippen molar-refractivity contribution < 1.29 is 13.9 Å². The molecular formula is C22H25FN2O2. The van der Waals surface area contributed by atoms with Crippen LogP contribution in [0.5, 0.6) is 5.75 Å². The first-order valence-corrected chi connectivity index (χ1v) is 9.59. The number of ether oxygens (including phenoxy) is 1. The Morgan fingerprint density at radius 1 is 1.26 bits per heavy atom. The number of likely N-dealkylation sites (tertiary alicyclic amines) is 1. The number of carbonyl (C=O) groups is 1. The van der Waals surface area contributed by atoms with E-state index in [0.29, 0.717) is 23.9 Å². The summed E-state index contributed by atoms with van der Waals surface area (Å²) in [6, 6.07) is 12.6. The molecule has 0 aliphatic carbocycles. The molecule has 142 valence electrons. The molecule has 5 heteroatoms. The number of hydrogen-bond acceptors (Lipinski definition) is 4. The minimum absolute atomic E-state index is 0.0856. The summed E-state index contributed by atoms with van der Waals surface area (Å²) >= 11 is 0. The molecule has 1 fully saturated rings. The average molecular weight is 368 g/mol. The van der Waals surface area contributed by atoms with E-state index in [4.69, 9.17) is 4.74 Å². The van der Waals surface area contributed by atoms with Gasteiger partial charge in [-0.1, -0.05) is 0 Å². The maximum atomic E-state index is 13.0. The molecule has 0 radical (unpaired) electrons. The molecule has 2 aliphatic heterocycles. The number of anilines is 1. The van der Waals surface area contributed by atoms with Gasteiger partial charge in [-0.15, -0.1) is 0 Å². The molecule has 2 aromatic rings. The first-order chi connectivity index (χ1) is 13.1. The van der Waals surface area contributed by atoms with Gasteiger partial charge in [0.15, 0.2) is 5.78 Å². The molecule has 1 N–H and O–H groups in total. The van der Waals surface area contributed by atoms with Crippen molar-refractivity contribution in [2.24, 2.45) is 0 Å². The number of methoxy groups -OCH3 is 1. The predicted molar refractivity (Wildman–Crippen MR) is 104 cm³/mol. The zero-order valence-corrected chi connectivity index (χ0v) is 15.6.